The highest BCUT2D eigenvalue weighted by molar-refractivity contribution is 4.83. The van der Waals surface area contributed by atoms with E-state index in [2.05, 4.69) is 53.7 Å². The molecule has 0 heterocycles. The Hall–Kier alpha value is -0.260. The maximum atomic E-state index is 2.41. The highest BCUT2D eigenvalue weighted by Crippen LogP contribution is 2.30. The van der Waals surface area contributed by atoms with Crippen LogP contribution in [0.3, 0.4) is 0 Å². The maximum Gasteiger partial charge on any atom is -0.0327 e. The first-order valence-electron chi connectivity index (χ1n) is 6.98. The van der Waals surface area contributed by atoms with Crippen molar-refractivity contribution in [1.29, 1.82) is 0 Å². The molecular weight excluding hydrogens is 192 g/mol. The van der Waals surface area contributed by atoms with Crippen molar-refractivity contribution in [1.82, 2.24) is 0 Å². The average Bonchev–Trinajstić information content (AvgIpc) is 2.08. The number of allylic oxidation sites excluding steroid dienone is 2. The molecule has 0 saturated carbocycles. The van der Waals surface area contributed by atoms with Gasteiger partial charge in [0.2, 0.25) is 0 Å². The van der Waals surface area contributed by atoms with Gasteiger partial charge in [0.05, 0.1) is 0 Å². The second kappa shape index (κ2) is 7.92. The zero-order valence-electron chi connectivity index (χ0n) is 12.3. The molecule has 0 unspecified atom stereocenters. The molecule has 0 saturated heterocycles. The summed E-state index contributed by atoms with van der Waals surface area (Å²) in [4.78, 5) is 0. The summed E-state index contributed by atoms with van der Waals surface area (Å²) in [5.74, 6) is 1.63. The molecule has 0 atom stereocenters. The first-order valence-corrected chi connectivity index (χ1v) is 6.98. The van der Waals surface area contributed by atoms with Gasteiger partial charge in [-0.2, -0.15) is 0 Å². The minimum absolute atomic E-state index is 0.528. The smallest absolute Gasteiger partial charge is 0.0327 e. The molecule has 0 aromatic carbocycles. The van der Waals surface area contributed by atoms with E-state index in [0.29, 0.717) is 5.41 Å². The van der Waals surface area contributed by atoms with Gasteiger partial charge in [-0.15, -0.1) is 0 Å². The van der Waals surface area contributed by atoms with Crippen LogP contribution < -0.4 is 0 Å². The third-order valence-electron chi connectivity index (χ3n) is 2.96. The van der Waals surface area contributed by atoms with Gasteiger partial charge in [-0.3, -0.25) is 0 Å². The molecule has 0 fully saturated rings. The fourth-order valence-corrected chi connectivity index (χ4v) is 2.39. The predicted molar refractivity (Wildman–Crippen MR) is 75.7 cm³/mol. The third-order valence-corrected chi connectivity index (χ3v) is 2.96. The molecule has 16 heavy (non-hydrogen) atoms. The lowest BCUT2D eigenvalue weighted by Gasteiger charge is -2.26. The summed E-state index contributed by atoms with van der Waals surface area (Å²) in [5, 5.41) is 0. The predicted octanol–water partition coefficient (Wildman–Crippen LogP) is 5.83. The van der Waals surface area contributed by atoms with E-state index >= 15 is 0 Å². The largest absolute Gasteiger partial charge is 0.0885 e. The molecule has 0 aliphatic carbocycles. The molecule has 0 spiro atoms. The van der Waals surface area contributed by atoms with Crippen LogP contribution in [-0.2, 0) is 0 Å². The monoisotopic (exact) mass is 224 g/mol. The van der Waals surface area contributed by atoms with Gasteiger partial charge in [0.15, 0.2) is 0 Å². The Morgan fingerprint density at radius 1 is 0.938 bits per heavy atom. The van der Waals surface area contributed by atoms with Crippen molar-refractivity contribution in [2.24, 2.45) is 17.3 Å². The zero-order chi connectivity index (χ0) is 12.6. The van der Waals surface area contributed by atoms with Crippen LogP contribution in [0.1, 0.15) is 73.6 Å². The number of rotatable bonds is 8. The molecule has 96 valence electrons. The normalized spacial score (nSPS) is 13.2. The van der Waals surface area contributed by atoms with Crippen LogP contribution >= 0.6 is 0 Å². The fraction of sp³-hybridized carbons (Fsp3) is 0.875. The quantitative estimate of drug-likeness (QED) is 0.359. The summed E-state index contributed by atoms with van der Waals surface area (Å²) in [6.45, 7) is 14.0. The fourth-order valence-electron chi connectivity index (χ4n) is 2.39. The van der Waals surface area contributed by atoms with Crippen LogP contribution in [-0.4, -0.2) is 0 Å². The van der Waals surface area contributed by atoms with Crippen LogP contribution in [0.25, 0.3) is 0 Å². The second-order valence-corrected chi connectivity index (χ2v) is 6.76. The summed E-state index contributed by atoms with van der Waals surface area (Å²) in [6.07, 6.45) is 11.3. The average molecular weight is 224 g/mol. The molecule has 0 N–H and O–H groups in total. The minimum Gasteiger partial charge on any atom is -0.0885 e. The number of hydrogen-bond acceptors (Lipinski definition) is 0. The van der Waals surface area contributed by atoms with E-state index in [1.165, 1.54) is 32.1 Å². The molecule has 0 aromatic rings. The molecular formula is C16H32. The Balaban J connectivity index is 3.61. The number of unbranched alkanes of at least 4 members (excludes halogenated alkanes) is 1. The Morgan fingerprint density at radius 2 is 1.56 bits per heavy atom. The lowest BCUT2D eigenvalue weighted by atomic mass is 9.80. The molecule has 0 aliphatic rings. The highest BCUT2D eigenvalue weighted by atomic mass is 14.2. The van der Waals surface area contributed by atoms with Gasteiger partial charge in [-0.1, -0.05) is 53.7 Å². The van der Waals surface area contributed by atoms with Crippen LogP contribution in [0.2, 0.25) is 0 Å². The van der Waals surface area contributed by atoms with E-state index in [-0.39, 0.29) is 0 Å². The lowest BCUT2D eigenvalue weighted by molar-refractivity contribution is 0.260. The van der Waals surface area contributed by atoms with Gasteiger partial charge in [0.1, 0.15) is 0 Å². The van der Waals surface area contributed by atoms with E-state index in [0.717, 1.165) is 11.8 Å². The Labute approximate surface area is 104 Å². The van der Waals surface area contributed by atoms with Crippen LogP contribution in [0.4, 0.5) is 0 Å². The van der Waals surface area contributed by atoms with Gasteiger partial charge in [0, 0.05) is 0 Å². The molecule has 0 bridgehead atoms. The maximum absolute atomic E-state index is 2.41. The van der Waals surface area contributed by atoms with Gasteiger partial charge < -0.3 is 0 Å². The standard InChI is InChI=1S/C16H32/c1-14(2)11-9-7-8-10-12-16(5,6)13-15(3)4/h7,9,14-15H,8,10-13H2,1-6H3/b9-7+. The van der Waals surface area contributed by atoms with Crippen molar-refractivity contribution >= 4 is 0 Å². The van der Waals surface area contributed by atoms with E-state index in [4.69, 9.17) is 0 Å². The topological polar surface area (TPSA) is 0 Å². The highest BCUT2D eigenvalue weighted by Gasteiger charge is 2.18. The van der Waals surface area contributed by atoms with Gasteiger partial charge in [0.25, 0.3) is 0 Å². The van der Waals surface area contributed by atoms with Crippen molar-refractivity contribution in [3.8, 4) is 0 Å². The summed E-state index contributed by atoms with van der Waals surface area (Å²) in [6, 6.07) is 0. The summed E-state index contributed by atoms with van der Waals surface area (Å²) in [5.41, 5.74) is 0.528. The summed E-state index contributed by atoms with van der Waals surface area (Å²) in [7, 11) is 0. The van der Waals surface area contributed by atoms with Crippen LogP contribution in [0.5, 0.6) is 0 Å². The summed E-state index contributed by atoms with van der Waals surface area (Å²) < 4.78 is 0. The molecule has 0 nitrogen and oxygen atoms in total. The van der Waals surface area contributed by atoms with Crippen molar-refractivity contribution < 1.29 is 0 Å². The van der Waals surface area contributed by atoms with Gasteiger partial charge in [-0.25, -0.2) is 0 Å². The molecule has 0 rings (SSSR count). The first kappa shape index (κ1) is 15.7. The molecule has 0 radical (unpaired) electrons. The van der Waals surface area contributed by atoms with Crippen molar-refractivity contribution in [2.75, 3.05) is 0 Å². The zero-order valence-corrected chi connectivity index (χ0v) is 12.3. The molecule has 0 aliphatic heterocycles. The molecule has 0 heteroatoms. The van der Waals surface area contributed by atoms with Gasteiger partial charge >= 0.3 is 0 Å². The lowest BCUT2D eigenvalue weighted by Crippen LogP contribution is -2.14. The van der Waals surface area contributed by atoms with Crippen LogP contribution in [0.15, 0.2) is 12.2 Å². The molecule has 0 aromatic heterocycles. The second-order valence-electron chi connectivity index (χ2n) is 6.76. The summed E-state index contributed by atoms with van der Waals surface area (Å²) >= 11 is 0. The first-order chi connectivity index (χ1) is 7.33. The Bertz CT molecular complexity index is 184. The van der Waals surface area contributed by atoms with Crippen molar-refractivity contribution in [3.05, 3.63) is 12.2 Å². The third kappa shape index (κ3) is 10.3. The Morgan fingerprint density at radius 3 is 2.06 bits per heavy atom. The van der Waals surface area contributed by atoms with Crippen molar-refractivity contribution in [3.63, 3.8) is 0 Å². The van der Waals surface area contributed by atoms with Gasteiger partial charge in [-0.05, 0) is 49.4 Å². The van der Waals surface area contributed by atoms with E-state index in [1.807, 2.05) is 0 Å². The van der Waals surface area contributed by atoms with E-state index in [1.54, 1.807) is 0 Å². The molecule has 0 amide bonds. The SMILES string of the molecule is CC(C)C/C=C/CCCC(C)(C)CC(C)C. The number of hydrogen-bond donors (Lipinski definition) is 0. The van der Waals surface area contributed by atoms with Crippen molar-refractivity contribution in [2.45, 2.75) is 73.6 Å². The minimum atomic E-state index is 0.528. The van der Waals surface area contributed by atoms with E-state index in [9.17, 15) is 0 Å². The van der Waals surface area contributed by atoms with Crippen LogP contribution in [0, 0.1) is 17.3 Å². The Kier molecular flexibility index (Phi) is 7.80. The van der Waals surface area contributed by atoms with E-state index < -0.39 is 0 Å².